The SMILES string of the molecule is C=C1NC(=O)CC[C@H]1NC. The van der Waals surface area contributed by atoms with Crippen LogP contribution < -0.4 is 10.6 Å². The van der Waals surface area contributed by atoms with Gasteiger partial charge in [0.15, 0.2) is 0 Å². The van der Waals surface area contributed by atoms with E-state index in [0.717, 1.165) is 12.1 Å². The second kappa shape index (κ2) is 2.84. The second-order valence-electron chi connectivity index (χ2n) is 2.45. The summed E-state index contributed by atoms with van der Waals surface area (Å²) >= 11 is 0. The molecule has 3 heteroatoms. The minimum atomic E-state index is 0.0801. The Bertz CT molecular complexity index is 165. The summed E-state index contributed by atoms with van der Waals surface area (Å²) in [6.45, 7) is 3.72. The minimum absolute atomic E-state index is 0.0801. The first-order chi connectivity index (χ1) is 4.74. The molecule has 3 nitrogen and oxygen atoms in total. The standard InChI is InChI=1S/C7H12N2O/c1-5-6(8-2)3-4-7(10)9-5/h6,8H,1,3-4H2,2H3,(H,9,10)/t6-/m1/s1. The number of carbonyl (C=O) groups excluding carboxylic acids is 1. The molecule has 1 amide bonds. The van der Waals surface area contributed by atoms with Crippen LogP contribution >= 0.6 is 0 Å². The molecule has 56 valence electrons. The number of carbonyl (C=O) groups is 1. The molecule has 0 saturated carbocycles. The van der Waals surface area contributed by atoms with E-state index < -0.39 is 0 Å². The highest BCUT2D eigenvalue weighted by molar-refractivity contribution is 5.79. The quantitative estimate of drug-likeness (QED) is 0.538. The highest BCUT2D eigenvalue weighted by Crippen LogP contribution is 2.09. The Morgan fingerprint density at radius 1 is 1.80 bits per heavy atom. The van der Waals surface area contributed by atoms with Crippen molar-refractivity contribution in [3.05, 3.63) is 12.3 Å². The Morgan fingerprint density at radius 3 is 3.00 bits per heavy atom. The van der Waals surface area contributed by atoms with Gasteiger partial charge < -0.3 is 10.6 Å². The van der Waals surface area contributed by atoms with Crippen LogP contribution in [0.5, 0.6) is 0 Å². The first-order valence-corrected chi connectivity index (χ1v) is 3.40. The van der Waals surface area contributed by atoms with Crippen LogP contribution in [0.25, 0.3) is 0 Å². The maximum Gasteiger partial charge on any atom is 0.224 e. The van der Waals surface area contributed by atoms with Crippen molar-refractivity contribution in [2.45, 2.75) is 18.9 Å². The molecule has 10 heavy (non-hydrogen) atoms. The third-order valence-electron chi connectivity index (χ3n) is 1.73. The van der Waals surface area contributed by atoms with Gasteiger partial charge in [-0.1, -0.05) is 6.58 Å². The first kappa shape index (κ1) is 7.28. The maximum atomic E-state index is 10.7. The van der Waals surface area contributed by atoms with Crippen LogP contribution in [-0.4, -0.2) is 19.0 Å². The van der Waals surface area contributed by atoms with Crippen molar-refractivity contribution in [1.29, 1.82) is 0 Å². The van der Waals surface area contributed by atoms with Crippen LogP contribution in [0.3, 0.4) is 0 Å². The van der Waals surface area contributed by atoms with E-state index in [9.17, 15) is 4.79 Å². The fraction of sp³-hybridized carbons (Fsp3) is 0.571. The highest BCUT2D eigenvalue weighted by Gasteiger charge is 2.19. The molecule has 1 aliphatic rings. The largest absolute Gasteiger partial charge is 0.329 e. The Morgan fingerprint density at radius 2 is 2.50 bits per heavy atom. The molecule has 1 rings (SSSR count). The maximum absolute atomic E-state index is 10.7. The van der Waals surface area contributed by atoms with E-state index in [1.807, 2.05) is 7.05 Å². The van der Waals surface area contributed by atoms with Crippen LogP contribution in [0.2, 0.25) is 0 Å². The van der Waals surface area contributed by atoms with Crippen molar-refractivity contribution in [2.75, 3.05) is 7.05 Å². The monoisotopic (exact) mass is 140 g/mol. The van der Waals surface area contributed by atoms with Gasteiger partial charge in [0.05, 0.1) is 0 Å². The topological polar surface area (TPSA) is 41.1 Å². The molecule has 0 aromatic carbocycles. The predicted molar refractivity (Wildman–Crippen MR) is 39.4 cm³/mol. The molecule has 1 atom stereocenters. The molecule has 2 N–H and O–H groups in total. The summed E-state index contributed by atoms with van der Waals surface area (Å²) < 4.78 is 0. The summed E-state index contributed by atoms with van der Waals surface area (Å²) in [5.74, 6) is 0.0801. The number of hydrogen-bond donors (Lipinski definition) is 2. The molecule has 0 aromatic rings. The predicted octanol–water partition coefficient (Wildman–Crippen LogP) is -0.00190. The van der Waals surface area contributed by atoms with Gasteiger partial charge in [-0.05, 0) is 13.5 Å². The van der Waals surface area contributed by atoms with Crippen molar-refractivity contribution in [2.24, 2.45) is 0 Å². The lowest BCUT2D eigenvalue weighted by atomic mass is 10.0. The first-order valence-electron chi connectivity index (χ1n) is 3.40. The van der Waals surface area contributed by atoms with E-state index in [-0.39, 0.29) is 11.9 Å². The van der Waals surface area contributed by atoms with E-state index in [1.54, 1.807) is 0 Å². The Labute approximate surface area is 60.5 Å². The molecule has 1 fully saturated rings. The van der Waals surface area contributed by atoms with Gasteiger partial charge in [0, 0.05) is 18.2 Å². The highest BCUT2D eigenvalue weighted by atomic mass is 16.1. The number of amides is 1. The zero-order chi connectivity index (χ0) is 7.56. The van der Waals surface area contributed by atoms with Crippen molar-refractivity contribution < 1.29 is 4.79 Å². The Balaban J connectivity index is 2.51. The number of hydrogen-bond acceptors (Lipinski definition) is 2. The van der Waals surface area contributed by atoms with Crippen molar-refractivity contribution >= 4 is 5.91 Å². The second-order valence-corrected chi connectivity index (χ2v) is 2.45. The number of nitrogens with one attached hydrogen (secondary N) is 2. The summed E-state index contributed by atoms with van der Waals surface area (Å²) in [5.41, 5.74) is 0.791. The lowest BCUT2D eigenvalue weighted by molar-refractivity contribution is -0.121. The number of piperidine rings is 1. The zero-order valence-electron chi connectivity index (χ0n) is 6.11. The third-order valence-corrected chi connectivity index (χ3v) is 1.73. The number of likely N-dealkylation sites (N-methyl/N-ethyl adjacent to an activating group) is 1. The molecule has 0 bridgehead atoms. The van der Waals surface area contributed by atoms with Gasteiger partial charge in [0.25, 0.3) is 0 Å². The molecule has 0 aliphatic carbocycles. The van der Waals surface area contributed by atoms with Gasteiger partial charge in [-0.3, -0.25) is 4.79 Å². The van der Waals surface area contributed by atoms with Crippen LogP contribution in [0, 0.1) is 0 Å². The van der Waals surface area contributed by atoms with E-state index in [1.165, 1.54) is 0 Å². The lowest BCUT2D eigenvalue weighted by Gasteiger charge is -2.23. The number of rotatable bonds is 1. The van der Waals surface area contributed by atoms with E-state index in [0.29, 0.717) is 6.42 Å². The van der Waals surface area contributed by atoms with Crippen LogP contribution in [0.15, 0.2) is 12.3 Å². The molecule has 0 unspecified atom stereocenters. The van der Waals surface area contributed by atoms with Gasteiger partial charge in [-0.15, -0.1) is 0 Å². The van der Waals surface area contributed by atoms with E-state index in [4.69, 9.17) is 0 Å². The Kier molecular flexibility index (Phi) is 2.06. The summed E-state index contributed by atoms with van der Waals surface area (Å²) in [7, 11) is 1.87. The zero-order valence-corrected chi connectivity index (χ0v) is 6.11. The van der Waals surface area contributed by atoms with Crippen LogP contribution in [0.1, 0.15) is 12.8 Å². The third kappa shape index (κ3) is 1.36. The van der Waals surface area contributed by atoms with E-state index in [2.05, 4.69) is 17.2 Å². The average molecular weight is 140 g/mol. The minimum Gasteiger partial charge on any atom is -0.329 e. The smallest absolute Gasteiger partial charge is 0.224 e. The van der Waals surface area contributed by atoms with Crippen molar-refractivity contribution in [3.63, 3.8) is 0 Å². The van der Waals surface area contributed by atoms with Crippen molar-refractivity contribution in [3.8, 4) is 0 Å². The summed E-state index contributed by atoms with van der Waals surface area (Å²) in [5, 5.41) is 5.74. The van der Waals surface area contributed by atoms with Gasteiger partial charge in [0.1, 0.15) is 0 Å². The normalized spacial score (nSPS) is 26.3. The van der Waals surface area contributed by atoms with Gasteiger partial charge >= 0.3 is 0 Å². The van der Waals surface area contributed by atoms with Crippen LogP contribution in [0.4, 0.5) is 0 Å². The summed E-state index contributed by atoms with van der Waals surface area (Å²) in [4.78, 5) is 10.7. The fourth-order valence-corrected chi connectivity index (χ4v) is 1.10. The Hall–Kier alpha value is -0.830. The van der Waals surface area contributed by atoms with Gasteiger partial charge in [-0.2, -0.15) is 0 Å². The molecule has 1 saturated heterocycles. The van der Waals surface area contributed by atoms with Crippen LogP contribution in [-0.2, 0) is 4.79 Å². The van der Waals surface area contributed by atoms with E-state index >= 15 is 0 Å². The van der Waals surface area contributed by atoms with Gasteiger partial charge in [0.2, 0.25) is 5.91 Å². The molecule has 0 spiro atoms. The van der Waals surface area contributed by atoms with Gasteiger partial charge in [-0.25, -0.2) is 0 Å². The molecule has 1 heterocycles. The molecular formula is C7H12N2O. The molecular weight excluding hydrogens is 128 g/mol. The van der Waals surface area contributed by atoms with Crippen molar-refractivity contribution in [1.82, 2.24) is 10.6 Å². The lowest BCUT2D eigenvalue weighted by Crippen LogP contribution is -2.41. The summed E-state index contributed by atoms with van der Waals surface area (Å²) in [6.07, 6.45) is 1.46. The fourth-order valence-electron chi connectivity index (χ4n) is 1.10. The average Bonchev–Trinajstić information content (AvgIpc) is 1.88. The molecule has 0 aromatic heterocycles. The summed E-state index contributed by atoms with van der Waals surface area (Å²) in [6, 6.07) is 0.262. The molecule has 1 aliphatic heterocycles. The molecule has 0 radical (unpaired) electrons.